The molecule has 0 unspecified atom stereocenters. The highest BCUT2D eigenvalue weighted by atomic mass is 16.5. The summed E-state index contributed by atoms with van der Waals surface area (Å²) in [5.41, 5.74) is 2.80. The number of morpholine rings is 1. The van der Waals surface area contributed by atoms with Crippen LogP contribution in [0.1, 0.15) is 45.4 Å². The monoisotopic (exact) mass is 478 g/mol. The second kappa shape index (κ2) is 11.5. The fourth-order valence-electron chi connectivity index (χ4n) is 4.61. The maximum Gasteiger partial charge on any atom is 0.223 e. The van der Waals surface area contributed by atoms with Crippen molar-refractivity contribution >= 4 is 22.7 Å². The molecule has 1 aliphatic carbocycles. The summed E-state index contributed by atoms with van der Waals surface area (Å²) in [5, 5.41) is 3.47. The van der Waals surface area contributed by atoms with Crippen molar-refractivity contribution in [2.75, 3.05) is 43.1 Å². The quantitative estimate of drug-likeness (QED) is 0.453. The molecule has 3 aromatic rings. The molecule has 2 aromatic heterocycles. The van der Waals surface area contributed by atoms with Crippen LogP contribution in [0.15, 0.2) is 36.9 Å². The molecule has 1 saturated carbocycles. The van der Waals surface area contributed by atoms with Crippen molar-refractivity contribution in [2.24, 2.45) is 0 Å². The summed E-state index contributed by atoms with van der Waals surface area (Å²) < 4.78 is 17.7. The molecule has 3 heterocycles. The molecule has 1 aromatic carbocycles. The summed E-state index contributed by atoms with van der Waals surface area (Å²) in [7, 11) is 0. The molecule has 0 radical (unpaired) electrons. The Morgan fingerprint density at radius 3 is 2.54 bits per heavy atom. The van der Waals surface area contributed by atoms with Gasteiger partial charge in [-0.1, -0.05) is 13.3 Å². The van der Waals surface area contributed by atoms with Crippen LogP contribution in [0.5, 0.6) is 11.5 Å². The Morgan fingerprint density at radius 1 is 1.00 bits per heavy atom. The van der Waals surface area contributed by atoms with E-state index in [1.807, 2.05) is 0 Å². The molecule has 186 valence electrons. The lowest BCUT2D eigenvalue weighted by Gasteiger charge is -2.31. The maximum atomic E-state index is 6.53. The zero-order valence-electron chi connectivity index (χ0n) is 20.4. The minimum absolute atomic E-state index is 0.147. The van der Waals surface area contributed by atoms with Gasteiger partial charge in [-0.15, -0.1) is 0 Å². The third kappa shape index (κ3) is 6.08. The highest BCUT2D eigenvalue weighted by Crippen LogP contribution is 2.33. The molecule has 5 rings (SSSR count). The zero-order chi connectivity index (χ0) is 23.9. The van der Waals surface area contributed by atoms with Crippen molar-refractivity contribution in [1.82, 2.24) is 19.9 Å². The molecule has 2 aliphatic rings. The normalized spacial score (nSPS) is 20.5. The van der Waals surface area contributed by atoms with Crippen LogP contribution in [0.4, 0.5) is 11.6 Å². The molecular formula is C26H34N6O3. The van der Waals surface area contributed by atoms with Crippen molar-refractivity contribution in [3.8, 4) is 11.5 Å². The Morgan fingerprint density at radius 2 is 1.77 bits per heavy atom. The molecule has 1 aliphatic heterocycles. The Balaban J connectivity index is 1.18. The Kier molecular flexibility index (Phi) is 7.72. The number of hydrogen-bond donors (Lipinski definition) is 1. The van der Waals surface area contributed by atoms with Crippen molar-refractivity contribution < 1.29 is 14.2 Å². The first-order valence-electron chi connectivity index (χ1n) is 12.7. The number of fused-ring (bicyclic) bond motifs is 1. The van der Waals surface area contributed by atoms with Gasteiger partial charge in [0.25, 0.3) is 0 Å². The minimum atomic E-state index is 0.147. The maximum absolute atomic E-state index is 6.53. The lowest BCUT2D eigenvalue weighted by Crippen LogP contribution is -2.36. The van der Waals surface area contributed by atoms with E-state index in [4.69, 9.17) is 14.2 Å². The average Bonchev–Trinajstić information content (AvgIpc) is 2.91. The molecule has 0 atom stereocenters. The van der Waals surface area contributed by atoms with Gasteiger partial charge >= 0.3 is 0 Å². The number of benzene rings is 1. The van der Waals surface area contributed by atoms with E-state index in [9.17, 15) is 0 Å². The van der Waals surface area contributed by atoms with Gasteiger partial charge in [0.2, 0.25) is 5.95 Å². The number of rotatable bonds is 9. The molecule has 0 spiro atoms. The van der Waals surface area contributed by atoms with E-state index in [2.05, 4.69) is 49.2 Å². The molecule has 1 saturated heterocycles. The van der Waals surface area contributed by atoms with Gasteiger partial charge in [-0.25, -0.2) is 15.0 Å². The summed E-state index contributed by atoms with van der Waals surface area (Å²) >= 11 is 0. The van der Waals surface area contributed by atoms with Crippen LogP contribution in [-0.4, -0.2) is 65.0 Å². The largest absolute Gasteiger partial charge is 0.490 e. The number of ether oxygens (including phenoxy) is 3. The fourth-order valence-corrected chi connectivity index (χ4v) is 4.61. The molecule has 0 amide bonds. The van der Waals surface area contributed by atoms with Crippen LogP contribution in [0.2, 0.25) is 0 Å². The molecule has 2 fully saturated rings. The number of unbranched alkanes of at least 4 members (excludes halogenated alkanes) is 1. The molecule has 9 nitrogen and oxygen atoms in total. The van der Waals surface area contributed by atoms with Crippen molar-refractivity contribution in [1.29, 1.82) is 0 Å². The highest BCUT2D eigenvalue weighted by molar-refractivity contribution is 5.85. The van der Waals surface area contributed by atoms with Gasteiger partial charge in [-0.2, -0.15) is 0 Å². The van der Waals surface area contributed by atoms with E-state index in [1.165, 1.54) is 0 Å². The lowest BCUT2D eigenvalue weighted by atomic mass is 9.93. The molecule has 9 heteroatoms. The van der Waals surface area contributed by atoms with Crippen LogP contribution in [0.25, 0.3) is 11.0 Å². The van der Waals surface area contributed by atoms with E-state index in [-0.39, 0.29) is 6.10 Å². The first-order valence-corrected chi connectivity index (χ1v) is 12.7. The van der Waals surface area contributed by atoms with E-state index >= 15 is 0 Å². The van der Waals surface area contributed by atoms with E-state index in [0.717, 1.165) is 93.0 Å². The first kappa shape index (κ1) is 23.5. The third-order valence-electron chi connectivity index (χ3n) is 6.60. The van der Waals surface area contributed by atoms with Gasteiger partial charge in [0.15, 0.2) is 5.75 Å². The molecule has 0 bridgehead atoms. The average molecular weight is 479 g/mol. The van der Waals surface area contributed by atoms with E-state index in [1.54, 1.807) is 24.8 Å². The Labute approximate surface area is 206 Å². The predicted octanol–water partition coefficient (Wildman–Crippen LogP) is 4.24. The number of nitrogens with zero attached hydrogens (tertiary/aromatic N) is 5. The summed E-state index contributed by atoms with van der Waals surface area (Å²) in [4.78, 5) is 20.3. The summed E-state index contributed by atoms with van der Waals surface area (Å²) in [6.07, 6.45) is 13.1. The van der Waals surface area contributed by atoms with Gasteiger partial charge in [0.05, 0.1) is 43.8 Å². The predicted molar refractivity (Wildman–Crippen MR) is 135 cm³/mol. The van der Waals surface area contributed by atoms with Crippen LogP contribution in [-0.2, 0) is 4.74 Å². The first-order chi connectivity index (χ1) is 17.3. The van der Waals surface area contributed by atoms with E-state index < -0.39 is 0 Å². The Hall–Kier alpha value is -3.20. The second-order valence-corrected chi connectivity index (χ2v) is 9.15. The minimum Gasteiger partial charge on any atom is -0.490 e. The summed E-state index contributed by atoms with van der Waals surface area (Å²) in [6, 6.07) is 4.55. The number of hydrogen-bond acceptors (Lipinski definition) is 9. The van der Waals surface area contributed by atoms with Crippen LogP contribution in [0, 0.1) is 0 Å². The van der Waals surface area contributed by atoms with Gasteiger partial charge < -0.3 is 24.4 Å². The molecule has 1 N–H and O–H groups in total. The zero-order valence-corrected chi connectivity index (χ0v) is 20.4. The van der Waals surface area contributed by atoms with E-state index in [0.29, 0.717) is 18.6 Å². The van der Waals surface area contributed by atoms with Crippen molar-refractivity contribution in [3.63, 3.8) is 0 Å². The lowest BCUT2D eigenvalue weighted by molar-refractivity contribution is 0.122. The SMILES string of the molecule is CCCCOc1cnc(N[C@H]2CC[C@@H](Oc3cc(N4CCOCC4)cc4nccnc34)CC2)nc1. The highest BCUT2D eigenvalue weighted by Gasteiger charge is 2.24. The fraction of sp³-hybridized carbons (Fsp3) is 0.538. The smallest absolute Gasteiger partial charge is 0.223 e. The van der Waals surface area contributed by atoms with Crippen LogP contribution < -0.4 is 19.7 Å². The standard InChI is InChI=1S/C26H34N6O3/c1-2-3-12-34-22-17-29-26(30-18-22)31-19-4-6-21(7-5-19)35-24-16-20(32-10-13-33-14-11-32)15-23-25(24)28-9-8-27-23/h8-9,15-19,21H,2-7,10-14H2,1H3,(H,29,30,31)/t19-,21+. The van der Waals surface area contributed by atoms with Gasteiger partial charge in [0.1, 0.15) is 11.3 Å². The van der Waals surface area contributed by atoms with Crippen molar-refractivity contribution in [2.45, 2.75) is 57.6 Å². The van der Waals surface area contributed by atoms with Crippen LogP contribution >= 0.6 is 0 Å². The second-order valence-electron chi connectivity index (χ2n) is 9.15. The number of nitrogens with one attached hydrogen (secondary N) is 1. The molecule has 35 heavy (non-hydrogen) atoms. The van der Waals surface area contributed by atoms with Gasteiger partial charge in [-0.3, -0.25) is 4.98 Å². The van der Waals surface area contributed by atoms with Crippen molar-refractivity contribution in [3.05, 3.63) is 36.9 Å². The van der Waals surface area contributed by atoms with Crippen LogP contribution in [0.3, 0.4) is 0 Å². The number of anilines is 2. The van der Waals surface area contributed by atoms with Gasteiger partial charge in [-0.05, 0) is 38.2 Å². The van der Waals surface area contributed by atoms with Gasteiger partial charge in [0, 0.05) is 43.3 Å². The topological polar surface area (TPSA) is 94.5 Å². The Bertz CT molecular complexity index is 1080. The third-order valence-corrected chi connectivity index (χ3v) is 6.60. The molecular weight excluding hydrogens is 444 g/mol. The number of aromatic nitrogens is 4. The summed E-state index contributed by atoms with van der Waals surface area (Å²) in [6.45, 7) is 6.07. The summed E-state index contributed by atoms with van der Waals surface area (Å²) in [5.74, 6) is 2.18.